The molecule has 0 saturated carbocycles. The molecule has 0 unspecified atom stereocenters. The average molecular weight is 438 g/mol. The number of carbonyl (C=O) groups is 1. The summed E-state index contributed by atoms with van der Waals surface area (Å²) in [5.41, 5.74) is 1.29. The lowest BCUT2D eigenvalue weighted by atomic mass is 10.1. The van der Waals surface area contributed by atoms with Crippen molar-refractivity contribution >= 4 is 34.2 Å². The molecule has 0 spiro atoms. The molecule has 2 aromatic carbocycles. The van der Waals surface area contributed by atoms with E-state index in [1.165, 1.54) is 12.3 Å². The second-order valence-corrected chi connectivity index (χ2v) is 7.68. The van der Waals surface area contributed by atoms with E-state index in [4.69, 9.17) is 20.8 Å². The zero-order valence-corrected chi connectivity index (χ0v) is 17.7. The summed E-state index contributed by atoms with van der Waals surface area (Å²) in [6, 6.07) is 13.7. The van der Waals surface area contributed by atoms with Gasteiger partial charge in [0.2, 0.25) is 0 Å². The molecular weight excluding hydrogens is 418 g/mol. The zero-order chi connectivity index (χ0) is 22.0. The minimum Gasteiger partial charge on any atom is -0.491 e. The van der Waals surface area contributed by atoms with Gasteiger partial charge in [-0.25, -0.2) is 4.79 Å². The third-order valence-corrected chi connectivity index (χ3v) is 4.88. The van der Waals surface area contributed by atoms with Gasteiger partial charge in [0.25, 0.3) is 5.91 Å². The minimum absolute atomic E-state index is 0.0297. The molecule has 4 rings (SSSR count). The van der Waals surface area contributed by atoms with Crippen LogP contribution >= 0.6 is 11.6 Å². The maximum absolute atomic E-state index is 12.9. The third-order valence-electron chi connectivity index (χ3n) is 4.51. The quantitative estimate of drug-likeness (QED) is 0.440. The van der Waals surface area contributed by atoms with E-state index in [-0.39, 0.29) is 17.3 Å². The van der Waals surface area contributed by atoms with Crippen molar-refractivity contribution in [2.45, 2.75) is 26.5 Å². The number of anilines is 1. The average Bonchev–Trinajstić information content (AvgIpc) is 3.15. The number of amides is 1. The van der Waals surface area contributed by atoms with Gasteiger partial charge in [0, 0.05) is 28.7 Å². The van der Waals surface area contributed by atoms with Crippen molar-refractivity contribution in [3.05, 3.63) is 87.5 Å². The summed E-state index contributed by atoms with van der Waals surface area (Å²) in [5, 5.41) is 8.20. The molecule has 0 fully saturated rings. The molecule has 4 aromatic rings. The van der Waals surface area contributed by atoms with E-state index in [0.717, 1.165) is 5.56 Å². The highest BCUT2D eigenvalue weighted by atomic mass is 35.5. The lowest BCUT2D eigenvalue weighted by Crippen LogP contribution is -2.15. The highest BCUT2D eigenvalue weighted by Crippen LogP contribution is 2.24. The Labute approximate surface area is 183 Å². The monoisotopic (exact) mass is 437 g/mol. The molecule has 0 aliphatic carbocycles. The standard InChI is InChI=1S/C23H20ClN3O4/c1-14(2)30-17-7-8-18-19(10-22(28)31-21(18)9-17)23(29)26-16-11-25-27(13-16)12-15-5-3-4-6-20(15)24/h3-11,13-14H,12H2,1-2H3,(H,26,29). The van der Waals surface area contributed by atoms with Gasteiger partial charge in [0.05, 0.1) is 30.1 Å². The molecular formula is C23H20ClN3O4. The van der Waals surface area contributed by atoms with Gasteiger partial charge in [-0.15, -0.1) is 0 Å². The van der Waals surface area contributed by atoms with Crippen LogP contribution in [0.5, 0.6) is 5.75 Å². The van der Waals surface area contributed by atoms with E-state index in [2.05, 4.69) is 10.4 Å². The van der Waals surface area contributed by atoms with Crippen LogP contribution in [0.2, 0.25) is 5.02 Å². The predicted octanol–water partition coefficient (Wildman–Crippen LogP) is 4.73. The van der Waals surface area contributed by atoms with Gasteiger partial charge in [-0.05, 0) is 37.6 Å². The maximum Gasteiger partial charge on any atom is 0.337 e. The van der Waals surface area contributed by atoms with Gasteiger partial charge in [0.1, 0.15) is 11.3 Å². The Kier molecular flexibility index (Phi) is 5.77. The molecule has 0 bridgehead atoms. The lowest BCUT2D eigenvalue weighted by molar-refractivity contribution is 0.102. The highest BCUT2D eigenvalue weighted by molar-refractivity contribution is 6.31. The molecule has 7 nitrogen and oxygen atoms in total. The summed E-state index contributed by atoms with van der Waals surface area (Å²) in [6.45, 7) is 4.26. The number of nitrogens with zero attached hydrogens (tertiary/aromatic N) is 2. The second kappa shape index (κ2) is 8.65. The predicted molar refractivity (Wildman–Crippen MR) is 119 cm³/mol. The normalized spacial score (nSPS) is 11.1. The summed E-state index contributed by atoms with van der Waals surface area (Å²) < 4.78 is 12.6. The van der Waals surface area contributed by atoms with E-state index in [9.17, 15) is 9.59 Å². The van der Waals surface area contributed by atoms with Crippen molar-refractivity contribution in [2.24, 2.45) is 0 Å². The number of halogens is 1. The van der Waals surface area contributed by atoms with Crippen molar-refractivity contribution in [1.82, 2.24) is 9.78 Å². The first kappa shape index (κ1) is 20.7. The molecule has 2 heterocycles. The molecule has 1 amide bonds. The number of nitrogens with one attached hydrogen (secondary N) is 1. The van der Waals surface area contributed by atoms with Crippen LogP contribution in [0, 0.1) is 0 Å². The molecule has 2 aromatic heterocycles. The first-order valence-corrected chi connectivity index (χ1v) is 10.1. The lowest BCUT2D eigenvalue weighted by Gasteiger charge is -2.11. The van der Waals surface area contributed by atoms with Crippen molar-refractivity contribution in [3.63, 3.8) is 0 Å². The number of hydrogen-bond donors (Lipinski definition) is 1. The minimum atomic E-state index is -0.617. The molecule has 0 aliphatic heterocycles. The summed E-state index contributed by atoms with van der Waals surface area (Å²) >= 11 is 6.20. The Morgan fingerprint density at radius 1 is 1.23 bits per heavy atom. The highest BCUT2D eigenvalue weighted by Gasteiger charge is 2.15. The number of hydrogen-bond acceptors (Lipinski definition) is 5. The zero-order valence-electron chi connectivity index (χ0n) is 17.0. The Bertz CT molecular complexity index is 1310. The number of rotatable bonds is 6. The molecule has 0 aliphatic rings. The fourth-order valence-electron chi connectivity index (χ4n) is 3.19. The van der Waals surface area contributed by atoms with E-state index < -0.39 is 11.5 Å². The third kappa shape index (κ3) is 4.78. The van der Waals surface area contributed by atoms with Gasteiger partial charge in [-0.1, -0.05) is 29.8 Å². The first-order valence-electron chi connectivity index (χ1n) is 9.71. The Morgan fingerprint density at radius 3 is 2.81 bits per heavy atom. The van der Waals surface area contributed by atoms with Gasteiger partial charge < -0.3 is 14.5 Å². The van der Waals surface area contributed by atoms with E-state index in [1.807, 2.05) is 38.1 Å². The van der Waals surface area contributed by atoms with Crippen molar-refractivity contribution in [3.8, 4) is 5.75 Å². The van der Waals surface area contributed by atoms with Crippen LogP contribution in [0.3, 0.4) is 0 Å². The van der Waals surface area contributed by atoms with Crippen LogP contribution in [0.1, 0.15) is 29.8 Å². The molecule has 0 saturated heterocycles. The van der Waals surface area contributed by atoms with Gasteiger partial charge in [-0.3, -0.25) is 9.48 Å². The largest absolute Gasteiger partial charge is 0.491 e. The molecule has 8 heteroatoms. The fraction of sp³-hybridized carbons (Fsp3) is 0.174. The van der Waals surface area contributed by atoms with Crippen molar-refractivity contribution in [2.75, 3.05) is 5.32 Å². The van der Waals surface area contributed by atoms with Crippen LogP contribution in [-0.2, 0) is 6.54 Å². The number of ether oxygens (including phenoxy) is 1. The Hall–Kier alpha value is -3.58. The van der Waals surface area contributed by atoms with Gasteiger partial charge in [-0.2, -0.15) is 5.10 Å². The van der Waals surface area contributed by atoms with Crippen molar-refractivity contribution < 1.29 is 13.9 Å². The van der Waals surface area contributed by atoms with Crippen molar-refractivity contribution in [1.29, 1.82) is 0 Å². The number of carbonyl (C=O) groups excluding carboxylic acids is 1. The summed E-state index contributed by atoms with van der Waals surface area (Å²) in [5.74, 6) is 0.122. The molecule has 1 N–H and O–H groups in total. The topological polar surface area (TPSA) is 86.4 Å². The van der Waals surface area contributed by atoms with E-state index in [0.29, 0.717) is 28.4 Å². The van der Waals surface area contributed by atoms with Crippen LogP contribution in [0.25, 0.3) is 11.0 Å². The van der Waals surface area contributed by atoms with Crippen LogP contribution in [0.15, 0.2) is 70.1 Å². The number of fused-ring (bicyclic) bond motifs is 1. The molecule has 0 atom stereocenters. The van der Waals surface area contributed by atoms with E-state index in [1.54, 1.807) is 29.1 Å². The van der Waals surface area contributed by atoms with Gasteiger partial charge >= 0.3 is 5.63 Å². The van der Waals surface area contributed by atoms with Crippen LogP contribution in [-0.4, -0.2) is 21.8 Å². The summed E-state index contributed by atoms with van der Waals surface area (Å²) in [6.07, 6.45) is 3.21. The molecule has 0 radical (unpaired) electrons. The SMILES string of the molecule is CC(C)Oc1ccc2c(C(=O)Nc3cnn(Cc4ccccc4Cl)c3)cc(=O)oc2c1. The number of benzene rings is 2. The van der Waals surface area contributed by atoms with E-state index >= 15 is 0 Å². The Morgan fingerprint density at radius 2 is 2.03 bits per heavy atom. The Balaban J connectivity index is 1.57. The molecule has 158 valence electrons. The summed E-state index contributed by atoms with van der Waals surface area (Å²) in [7, 11) is 0. The fourth-order valence-corrected chi connectivity index (χ4v) is 3.39. The molecule has 31 heavy (non-hydrogen) atoms. The van der Waals surface area contributed by atoms with Crippen LogP contribution < -0.4 is 15.7 Å². The number of aromatic nitrogens is 2. The smallest absolute Gasteiger partial charge is 0.337 e. The maximum atomic E-state index is 12.9. The summed E-state index contributed by atoms with van der Waals surface area (Å²) in [4.78, 5) is 24.9. The first-order chi connectivity index (χ1) is 14.9. The van der Waals surface area contributed by atoms with Gasteiger partial charge in [0.15, 0.2) is 0 Å². The van der Waals surface area contributed by atoms with Crippen LogP contribution in [0.4, 0.5) is 5.69 Å². The second-order valence-electron chi connectivity index (χ2n) is 7.28.